The molecule has 0 atom stereocenters. The first kappa shape index (κ1) is 13.5. The highest BCUT2D eigenvalue weighted by Crippen LogP contribution is 2.23. The first-order valence-corrected chi connectivity index (χ1v) is 6.12. The SMILES string of the molecule is CC(C)OCCOCc1c(N)cccc1Br. The lowest BCUT2D eigenvalue weighted by Crippen LogP contribution is -2.10. The summed E-state index contributed by atoms with van der Waals surface area (Å²) >= 11 is 3.45. The van der Waals surface area contributed by atoms with Crippen LogP contribution >= 0.6 is 15.9 Å². The summed E-state index contributed by atoms with van der Waals surface area (Å²) in [5, 5.41) is 0. The third kappa shape index (κ3) is 4.51. The van der Waals surface area contributed by atoms with Crippen molar-refractivity contribution in [2.24, 2.45) is 0 Å². The van der Waals surface area contributed by atoms with Crippen molar-refractivity contribution in [3.63, 3.8) is 0 Å². The quantitative estimate of drug-likeness (QED) is 0.646. The fourth-order valence-corrected chi connectivity index (χ4v) is 1.74. The van der Waals surface area contributed by atoms with Crippen molar-refractivity contribution in [3.8, 4) is 0 Å². The number of ether oxygens (including phenoxy) is 2. The van der Waals surface area contributed by atoms with Crippen LogP contribution in [0.4, 0.5) is 5.69 Å². The van der Waals surface area contributed by atoms with E-state index in [0.717, 1.165) is 15.7 Å². The van der Waals surface area contributed by atoms with Crippen molar-refractivity contribution in [3.05, 3.63) is 28.2 Å². The molecule has 1 aromatic carbocycles. The summed E-state index contributed by atoms with van der Waals surface area (Å²) in [6.45, 7) is 5.72. The van der Waals surface area contributed by atoms with Crippen LogP contribution in [-0.2, 0) is 16.1 Å². The zero-order valence-electron chi connectivity index (χ0n) is 9.70. The molecule has 90 valence electrons. The van der Waals surface area contributed by atoms with Gasteiger partial charge in [0.2, 0.25) is 0 Å². The third-order valence-electron chi connectivity index (χ3n) is 2.08. The zero-order valence-corrected chi connectivity index (χ0v) is 11.3. The lowest BCUT2D eigenvalue weighted by atomic mass is 10.2. The van der Waals surface area contributed by atoms with Gasteiger partial charge in [-0.05, 0) is 26.0 Å². The van der Waals surface area contributed by atoms with Crippen molar-refractivity contribution >= 4 is 21.6 Å². The minimum Gasteiger partial charge on any atom is -0.398 e. The molecule has 0 aromatic heterocycles. The Hall–Kier alpha value is -0.580. The van der Waals surface area contributed by atoms with Crippen LogP contribution in [0.25, 0.3) is 0 Å². The first-order valence-electron chi connectivity index (χ1n) is 5.33. The molecule has 2 N–H and O–H groups in total. The van der Waals surface area contributed by atoms with Gasteiger partial charge in [-0.1, -0.05) is 22.0 Å². The Bertz CT molecular complexity index is 309. The molecule has 0 radical (unpaired) electrons. The fraction of sp³-hybridized carbons (Fsp3) is 0.500. The van der Waals surface area contributed by atoms with Gasteiger partial charge in [0.25, 0.3) is 0 Å². The highest BCUT2D eigenvalue weighted by atomic mass is 79.9. The van der Waals surface area contributed by atoms with E-state index in [1.165, 1.54) is 0 Å². The van der Waals surface area contributed by atoms with E-state index in [9.17, 15) is 0 Å². The standard InChI is InChI=1S/C12H18BrNO2/c1-9(2)16-7-6-15-8-10-11(13)4-3-5-12(10)14/h3-5,9H,6-8,14H2,1-2H3. The molecular weight excluding hydrogens is 270 g/mol. The van der Waals surface area contributed by atoms with Gasteiger partial charge in [0.1, 0.15) is 0 Å². The highest BCUT2D eigenvalue weighted by Gasteiger charge is 2.03. The minimum atomic E-state index is 0.247. The summed E-state index contributed by atoms with van der Waals surface area (Å²) in [6, 6.07) is 5.73. The van der Waals surface area contributed by atoms with Crippen molar-refractivity contribution in [1.29, 1.82) is 0 Å². The molecule has 0 bridgehead atoms. The van der Waals surface area contributed by atoms with E-state index in [1.54, 1.807) is 0 Å². The van der Waals surface area contributed by atoms with Gasteiger partial charge < -0.3 is 15.2 Å². The maximum atomic E-state index is 5.84. The van der Waals surface area contributed by atoms with Crippen molar-refractivity contribution < 1.29 is 9.47 Å². The normalized spacial score (nSPS) is 11.0. The highest BCUT2D eigenvalue weighted by molar-refractivity contribution is 9.10. The molecule has 0 amide bonds. The number of benzene rings is 1. The third-order valence-corrected chi connectivity index (χ3v) is 2.82. The Labute approximate surface area is 105 Å². The summed E-state index contributed by atoms with van der Waals surface area (Å²) in [4.78, 5) is 0. The maximum absolute atomic E-state index is 5.84. The maximum Gasteiger partial charge on any atom is 0.0749 e. The smallest absolute Gasteiger partial charge is 0.0749 e. The average Bonchev–Trinajstić information content (AvgIpc) is 2.21. The molecular formula is C12H18BrNO2. The van der Waals surface area contributed by atoms with Gasteiger partial charge in [-0.2, -0.15) is 0 Å². The summed E-state index contributed by atoms with van der Waals surface area (Å²) in [7, 11) is 0. The molecule has 0 saturated carbocycles. The number of rotatable bonds is 6. The Morgan fingerprint density at radius 2 is 2.06 bits per heavy atom. The van der Waals surface area contributed by atoms with Gasteiger partial charge in [-0.25, -0.2) is 0 Å². The van der Waals surface area contributed by atoms with E-state index in [0.29, 0.717) is 19.8 Å². The van der Waals surface area contributed by atoms with Crippen LogP contribution in [0.1, 0.15) is 19.4 Å². The topological polar surface area (TPSA) is 44.5 Å². The lowest BCUT2D eigenvalue weighted by Gasteiger charge is -2.10. The van der Waals surface area contributed by atoms with Crippen molar-refractivity contribution in [2.45, 2.75) is 26.6 Å². The van der Waals surface area contributed by atoms with E-state index < -0.39 is 0 Å². The van der Waals surface area contributed by atoms with Gasteiger partial charge in [-0.3, -0.25) is 0 Å². The second-order valence-electron chi connectivity index (χ2n) is 3.78. The summed E-state index contributed by atoms with van der Waals surface area (Å²) in [5.41, 5.74) is 7.58. The van der Waals surface area contributed by atoms with Crippen LogP contribution in [0.5, 0.6) is 0 Å². The predicted octanol–water partition coefficient (Wildman–Crippen LogP) is 2.97. The first-order chi connectivity index (χ1) is 7.61. The molecule has 0 heterocycles. The van der Waals surface area contributed by atoms with E-state index in [1.807, 2.05) is 32.0 Å². The monoisotopic (exact) mass is 287 g/mol. The van der Waals surface area contributed by atoms with E-state index in [4.69, 9.17) is 15.2 Å². The lowest BCUT2D eigenvalue weighted by molar-refractivity contribution is 0.0143. The Morgan fingerprint density at radius 1 is 1.31 bits per heavy atom. The molecule has 0 spiro atoms. The molecule has 0 saturated heterocycles. The van der Waals surface area contributed by atoms with Gasteiger partial charge in [-0.15, -0.1) is 0 Å². The largest absolute Gasteiger partial charge is 0.398 e. The molecule has 0 aliphatic carbocycles. The Morgan fingerprint density at radius 3 is 2.69 bits per heavy atom. The number of halogens is 1. The van der Waals surface area contributed by atoms with Gasteiger partial charge in [0.05, 0.1) is 25.9 Å². The second-order valence-corrected chi connectivity index (χ2v) is 4.63. The number of anilines is 1. The molecule has 16 heavy (non-hydrogen) atoms. The fourth-order valence-electron chi connectivity index (χ4n) is 1.24. The number of nitrogens with two attached hydrogens (primary N) is 1. The molecule has 1 aromatic rings. The van der Waals surface area contributed by atoms with E-state index in [-0.39, 0.29) is 6.10 Å². The van der Waals surface area contributed by atoms with Crippen LogP contribution in [0, 0.1) is 0 Å². The van der Waals surface area contributed by atoms with Crippen LogP contribution < -0.4 is 5.73 Å². The van der Waals surface area contributed by atoms with Crippen LogP contribution in [0.15, 0.2) is 22.7 Å². The van der Waals surface area contributed by atoms with Gasteiger partial charge >= 0.3 is 0 Å². The summed E-state index contributed by atoms with van der Waals surface area (Å²) < 4.78 is 11.9. The van der Waals surface area contributed by atoms with Crippen molar-refractivity contribution in [2.75, 3.05) is 18.9 Å². The number of hydrogen-bond donors (Lipinski definition) is 1. The van der Waals surface area contributed by atoms with E-state index in [2.05, 4.69) is 15.9 Å². The number of hydrogen-bond acceptors (Lipinski definition) is 3. The van der Waals surface area contributed by atoms with E-state index >= 15 is 0 Å². The van der Waals surface area contributed by atoms with Crippen molar-refractivity contribution in [1.82, 2.24) is 0 Å². The minimum absolute atomic E-state index is 0.247. The van der Waals surface area contributed by atoms with Crippen LogP contribution in [-0.4, -0.2) is 19.3 Å². The van der Waals surface area contributed by atoms with Gasteiger partial charge in [0, 0.05) is 15.7 Å². The molecule has 1 rings (SSSR count). The average molecular weight is 288 g/mol. The molecule has 0 aliphatic heterocycles. The molecule has 0 fully saturated rings. The summed E-state index contributed by atoms with van der Waals surface area (Å²) in [5.74, 6) is 0. The molecule has 0 aliphatic rings. The Kier molecular flexibility index (Phi) is 5.80. The predicted molar refractivity (Wildman–Crippen MR) is 69.3 cm³/mol. The zero-order chi connectivity index (χ0) is 12.0. The molecule has 0 unspecified atom stereocenters. The Balaban J connectivity index is 2.32. The number of nitrogen functional groups attached to an aromatic ring is 1. The molecule has 3 nitrogen and oxygen atoms in total. The molecule has 4 heteroatoms. The second kappa shape index (κ2) is 6.89. The van der Waals surface area contributed by atoms with Crippen LogP contribution in [0.2, 0.25) is 0 Å². The summed E-state index contributed by atoms with van der Waals surface area (Å²) in [6.07, 6.45) is 0.247. The van der Waals surface area contributed by atoms with Gasteiger partial charge in [0.15, 0.2) is 0 Å². The van der Waals surface area contributed by atoms with Crippen LogP contribution in [0.3, 0.4) is 0 Å².